The lowest BCUT2D eigenvalue weighted by Gasteiger charge is -2.30. The van der Waals surface area contributed by atoms with E-state index >= 15 is 0 Å². The molecular weight excluding hydrogens is 387 g/mol. The lowest BCUT2D eigenvalue weighted by Crippen LogP contribution is -2.47. The maximum Gasteiger partial charge on any atom is 0.252 e. The molecule has 0 aliphatic heterocycles. The van der Waals surface area contributed by atoms with Crippen LogP contribution in [-0.2, 0) is 4.79 Å². The number of halogens is 1. The monoisotopic (exact) mass is 410 g/mol. The molecule has 2 aromatic heterocycles. The molecule has 1 unspecified atom stereocenters. The Morgan fingerprint density at radius 3 is 2.53 bits per heavy atom. The van der Waals surface area contributed by atoms with E-state index in [1.54, 1.807) is 32.2 Å². The van der Waals surface area contributed by atoms with E-state index < -0.39 is 23.7 Å². The van der Waals surface area contributed by atoms with E-state index in [9.17, 15) is 14.0 Å². The lowest BCUT2D eigenvalue weighted by molar-refractivity contribution is -0.120. The number of carbonyl (C=O) groups is 2. The molecule has 2 heterocycles. The van der Waals surface area contributed by atoms with E-state index in [-0.39, 0.29) is 23.1 Å². The van der Waals surface area contributed by atoms with Crippen LogP contribution >= 0.6 is 0 Å². The van der Waals surface area contributed by atoms with Crippen molar-refractivity contribution in [3.63, 3.8) is 0 Å². The molecule has 0 aliphatic rings. The van der Waals surface area contributed by atoms with Crippen LogP contribution in [0.25, 0.3) is 10.9 Å². The zero-order valence-electron chi connectivity index (χ0n) is 16.9. The Bertz CT molecular complexity index is 1120. The van der Waals surface area contributed by atoms with Crippen LogP contribution in [0, 0.1) is 11.7 Å². The molecule has 0 saturated heterocycles. The summed E-state index contributed by atoms with van der Waals surface area (Å²) in [4.78, 5) is 33.7. The Labute approximate surface area is 173 Å². The molecule has 1 aromatic carbocycles. The molecule has 156 valence electrons. The third-order valence-electron chi connectivity index (χ3n) is 4.77. The van der Waals surface area contributed by atoms with Crippen molar-refractivity contribution in [1.29, 1.82) is 0 Å². The van der Waals surface area contributed by atoms with Gasteiger partial charge >= 0.3 is 0 Å². The number of amides is 2. The first kappa shape index (κ1) is 21.0. The zero-order valence-corrected chi connectivity index (χ0v) is 16.9. The van der Waals surface area contributed by atoms with E-state index in [1.165, 1.54) is 11.9 Å². The minimum atomic E-state index is -0.840. The summed E-state index contributed by atoms with van der Waals surface area (Å²) in [6.45, 7) is 3.59. The molecule has 9 heteroatoms. The lowest BCUT2D eigenvalue weighted by atomic mass is 10.0. The highest BCUT2D eigenvalue weighted by Gasteiger charge is 2.28. The van der Waals surface area contributed by atoms with Crippen LogP contribution in [0.15, 0.2) is 42.6 Å². The SMILES string of the molecule is CC(C)C(C(N)=O)N(C)c1nc(Nc2ccc3cccnc3c2)c(C(N)=O)cc1F. The Kier molecular flexibility index (Phi) is 5.81. The van der Waals surface area contributed by atoms with Crippen molar-refractivity contribution in [2.45, 2.75) is 19.9 Å². The molecule has 3 rings (SSSR count). The Morgan fingerprint density at radius 1 is 1.17 bits per heavy atom. The van der Waals surface area contributed by atoms with Gasteiger partial charge in [-0.15, -0.1) is 0 Å². The Morgan fingerprint density at radius 2 is 1.90 bits per heavy atom. The Balaban J connectivity index is 2.06. The van der Waals surface area contributed by atoms with Gasteiger partial charge in [-0.25, -0.2) is 9.37 Å². The molecular formula is C21H23FN6O2. The van der Waals surface area contributed by atoms with Crippen molar-refractivity contribution >= 4 is 40.0 Å². The molecule has 1 atom stereocenters. The van der Waals surface area contributed by atoms with E-state index in [2.05, 4.69) is 15.3 Å². The van der Waals surface area contributed by atoms with Crippen molar-refractivity contribution in [1.82, 2.24) is 9.97 Å². The number of carbonyl (C=O) groups excluding carboxylic acids is 2. The number of nitrogens with one attached hydrogen (secondary N) is 1. The summed E-state index contributed by atoms with van der Waals surface area (Å²) in [6.07, 6.45) is 1.67. The number of primary amides is 2. The van der Waals surface area contributed by atoms with E-state index in [1.807, 2.05) is 18.2 Å². The van der Waals surface area contributed by atoms with Gasteiger partial charge in [0.15, 0.2) is 11.6 Å². The fraction of sp³-hybridized carbons (Fsp3) is 0.238. The molecule has 0 spiro atoms. The number of rotatable bonds is 7. The summed E-state index contributed by atoms with van der Waals surface area (Å²) in [5, 5.41) is 3.94. The molecule has 0 fully saturated rings. The van der Waals surface area contributed by atoms with Gasteiger partial charge in [0, 0.05) is 24.3 Å². The molecule has 5 N–H and O–H groups in total. The average Bonchev–Trinajstić information content (AvgIpc) is 2.68. The first-order valence-corrected chi connectivity index (χ1v) is 9.33. The summed E-state index contributed by atoms with van der Waals surface area (Å²) < 4.78 is 14.8. The van der Waals surface area contributed by atoms with Crippen LogP contribution in [0.2, 0.25) is 0 Å². The number of hydrogen-bond acceptors (Lipinski definition) is 6. The molecule has 30 heavy (non-hydrogen) atoms. The number of nitrogens with zero attached hydrogens (tertiary/aromatic N) is 3. The van der Waals surface area contributed by atoms with Crippen LogP contribution in [-0.4, -0.2) is 34.9 Å². The highest BCUT2D eigenvalue weighted by atomic mass is 19.1. The van der Waals surface area contributed by atoms with Gasteiger partial charge in [0.1, 0.15) is 11.9 Å². The highest BCUT2D eigenvalue weighted by Crippen LogP contribution is 2.28. The minimum Gasteiger partial charge on any atom is -0.368 e. The third-order valence-corrected chi connectivity index (χ3v) is 4.77. The van der Waals surface area contributed by atoms with E-state index in [0.717, 1.165) is 17.0 Å². The van der Waals surface area contributed by atoms with E-state index in [4.69, 9.17) is 11.5 Å². The number of fused-ring (bicyclic) bond motifs is 1. The van der Waals surface area contributed by atoms with Gasteiger partial charge in [-0.05, 0) is 30.2 Å². The summed E-state index contributed by atoms with van der Waals surface area (Å²) in [7, 11) is 1.52. The van der Waals surface area contributed by atoms with Gasteiger partial charge in [-0.1, -0.05) is 26.0 Å². The van der Waals surface area contributed by atoms with Crippen molar-refractivity contribution < 1.29 is 14.0 Å². The minimum absolute atomic E-state index is 0.0630. The number of anilines is 3. The predicted octanol–water partition coefficient (Wildman–Crippen LogP) is 2.56. The van der Waals surface area contributed by atoms with Gasteiger partial charge in [0.05, 0.1) is 11.1 Å². The first-order valence-electron chi connectivity index (χ1n) is 9.33. The standard InChI is InChI=1S/C21H23FN6O2/c1-11(2)17(19(24)30)28(3)21-15(22)10-14(18(23)29)20(27-21)26-13-7-6-12-5-4-8-25-16(12)9-13/h4-11,17H,1-3H3,(H2,23,29)(H2,24,30)(H,26,27). The number of aromatic nitrogens is 2. The van der Waals surface area contributed by atoms with Crippen LogP contribution in [0.1, 0.15) is 24.2 Å². The summed E-state index contributed by atoms with van der Waals surface area (Å²) in [6, 6.07) is 9.37. The van der Waals surface area contributed by atoms with E-state index in [0.29, 0.717) is 5.69 Å². The van der Waals surface area contributed by atoms with Crippen molar-refractivity contribution in [3.05, 3.63) is 54.0 Å². The maximum atomic E-state index is 14.8. The molecule has 0 bridgehead atoms. The second kappa shape index (κ2) is 8.32. The van der Waals surface area contributed by atoms with Crippen LogP contribution in [0.4, 0.5) is 21.7 Å². The first-order chi connectivity index (χ1) is 14.2. The average molecular weight is 410 g/mol. The van der Waals surface area contributed by atoms with Gasteiger partial charge in [-0.3, -0.25) is 14.6 Å². The normalized spacial score (nSPS) is 12.0. The number of benzene rings is 1. The van der Waals surface area contributed by atoms with Crippen molar-refractivity contribution in [2.75, 3.05) is 17.3 Å². The zero-order chi connectivity index (χ0) is 22.0. The fourth-order valence-corrected chi connectivity index (χ4v) is 3.39. The molecule has 0 radical (unpaired) electrons. The topological polar surface area (TPSA) is 127 Å². The fourth-order valence-electron chi connectivity index (χ4n) is 3.39. The van der Waals surface area contributed by atoms with Crippen molar-refractivity contribution in [2.24, 2.45) is 17.4 Å². The molecule has 0 aliphatic carbocycles. The van der Waals surface area contributed by atoms with Crippen LogP contribution in [0.5, 0.6) is 0 Å². The largest absolute Gasteiger partial charge is 0.368 e. The molecule has 8 nitrogen and oxygen atoms in total. The summed E-state index contributed by atoms with van der Waals surface area (Å²) >= 11 is 0. The van der Waals surface area contributed by atoms with Gasteiger partial charge in [0.25, 0.3) is 5.91 Å². The molecule has 3 aromatic rings. The second-order valence-corrected chi connectivity index (χ2v) is 7.29. The quantitative estimate of drug-likeness (QED) is 0.549. The highest BCUT2D eigenvalue weighted by molar-refractivity contribution is 5.99. The molecule has 2 amide bonds. The molecule has 0 saturated carbocycles. The van der Waals surface area contributed by atoms with Gasteiger partial charge in [-0.2, -0.15) is 0 Å². The summed E-state index contributed by atoms with van der Waals surface area (Å²) in [5.74, 6) is -2.49. The second-order valence-electron chi connectivity index (χ2n) is 7.29. The summed E-state index contributed by atoms with van der Waals surface area (Å²) in [5.41, 5.74) is 12.1. The predicted molar refractivity (Wildman–Crippen MR) is 114 cm³/mol. The number of pyridine rings is 2. The van der Waals surface area contributed by atoms with Gasteiger partial charge < -0.3 is 21.7 Å². The number of likely N-dealkylation sites (N-methyl/N-ethyl adjacent to an activating group) is 1. The van der Waals surface area contributed by atoms with Crippen molar-refractivity contribution in [3.8, 4) is 0 Å². The third kappa shape index (κ3) is 4.14. The smallest absolute Gasteiger partial charge is 0.252 e. The number of nitrogens with two attached hydrogens (primary N) is 2. The number of hydrogen-bond donors (Lipinski definition) is 3. The van der Waals surface area contributed by atoms with Gasteiger partial charge in [0.2, 0.25) is 5.91 Å². The Hall–Kier alpha value is -3.75. The van der Waals surface area contributed by atoms with Crippen LogP contribution in [0.3, 0.4) is 0 Å². The van der Waals surface area contributed by atoms with Crippen LogP contribution < -0.4 is 21.7 Å². The maximum absolute atomic E-state index is 14.8.